The predicted octanol–water partition coefficient (Wildman–Crippen LogP) is 3.55. The van der Waals surface area contributed by atoms with E-state index in [-0.39, 0.29) is 6.04 Å². The van der Waals surface area contributed by atoms with Gasteiger partial charge in [-0.25, -0.2) is 0 Å². The first-order valence-corrected chi connectivity index (χ1v) is 7.45. The predicted molar refractivity (Wildman–Crippen MR) is 83.2 cm³/mol. The van der Waals surface area contributed by atoms with E-state index in [2.05, 4.69) is 25.1 Å². The van der Waals surface area contributed by atoms with E-state index >= 15 is 0 Å². The Hall–Kier alpha value is -1.84. The van der Waals surface area contributed by atoms with Gasteiger partial charge in [0.2, 0.25) is 0 Å². The molecule has 0 aliphatic carbocycles. The van der Waals surface area contributed by atoms with E-state index in [4.69, 9.17) is 15.2 Å². The van der Waals surface area contributed by atoms with Crippen LogP contribution in [-0.4, -0.2) is 6.61 Å². The topological polar surface area (TPSA) is 44.5 Å². The first-order valence-electron chi connectivity index (χ1n) is 7.45. The number of nitrogens with two attached hydrogens (primary N) is 1. The normalized spacial score (nSPS) is 14.8. The van der Waals surface area contributed by atoms with Gasteiger partial charge >= 0.3 is 0 Å². The van der Waals surface area contributed by atoms with E-state index < -0.39 is 0 Å². The highest BCUT2D eigenvalue weighted by atomic mass is 16.5. The van der Waals surface area contributed by atoms with Crippen molar-refractivity contribution in [2.24, 2.45) is 5.73 Å². The van der Waals surface area contributed by atoms with Crippen molar-refractivity contribution in [3.63, 3.8) is 0 Å². The highest BCUT2D eigenvalue weighted by Crippen LogP contribution is 2.27. The fourth-order valence-corrected chi connectivity index (χ4v) is 2.60. The largest absolute Gasteiger partial charge is 0.494 e. The summed E-state index contributed by atoms with van der Waals surface area (Å²) in [6.45, 7) is 4.23. The average molecular weight is 283 g/mol. The Morgan fingerprint density at radius 2 is 1.90 bits per heavy atom. The number of ether oxygens (including phenoxy) is 2. The summed E-state index contributed by atoms with van der Waals surface area (Å²) in [5.41, 5.74) is 11.1. The number of rotatable bonds is 5. The minimum Gasteiger partial charge on any atom is -0.494 e. The minimum atomic E-state index is -0.138. The number of fused-ring (bicyclic) bond motifs is 1. The van der Waals surface area contributed by atoms with Crippen LogP contribution >= 0.6 is 0 Å². The maximum absolute atomic E-state index is 6.41. The van der Waals surface area contributed by atoms with Gasteiger partial charge in [0.15, 0.2) is 0 Å². The smallest absolute Gasteiger partial charge is 0.119 e. The number of benzene rings is 2. The quantitative estimate of drug-likeness (QED) is 0.912. The highest BCUT2D eigenvalue weighted by Gasteiger charge is 2.15. The Labute approximate surface area is 125 Å². The van der Waals surface area contributed by atoms with Crippen LogP contribution in [0.2, 0.25) is 0 Å². The van der Waals surface area contributed by atoms with Crippen LogP contribution in [0.3, 0.4) is 0 Å². The lowest BCUT2D eigenvalue weighted by Crippen LogP contribution is -2.12. The van der Waals surface area contributed by atoms with Gasteiger partial charge in [0.25, 0.3) is 0 Å². The van der Waals surface area contributed by atoms with Crippen molar-refractivity contribution in [2.75, 3.05) is 6.61 Å². The van der Waals surface area contributed by atoms with Crippen LogP contribution in [-0.2, 0) is 18.0 Å². The summed E-state index contributed by atoms with van der Waals surface area (Å²) in [7, 11) is 0. The number of hydrogen-bond acceptors (Lipinski definition) is 3. The van der Waals surface area contributed by atoms with Crippen LogP contribution in [0.1, 0.15) is 41.6 Å². The third kappa shape index (κ3) is 3.09. The maximum Gasteiger partial charge on any atom is 0.119 e. The third-order valence-electron chi connectivity index (χ3n) is 3.79. The molecule has 0 radical (unpaired) electrons. The first kappa shape index (κ1) is 14.1. The molecule has 1 atom stereocenters. The van der Waals surface area contributed by atoms with Crippen LogP contribution in [0.25, 0.3) is 0 Å². The van der Waals surface area contributed by atoms with Crippen LogP contribution in [0, 0.1) is 0 Å². The van der Waals surface area contributed by atoms with E-state index in [1.165, 1.54) is 11.1 Å². The highest BCUT2D eigenvalue weighted by molar-refractivity contribution is 5.40. The summed E-state index contributed by atoms with van der Waals surface area (Å²) < 4.78 is 11.1. The van der Waals surface area contributed by atoms with Gasteiger partial charge in [-0.15, -0.1) is 0 Å². The minimum absolute atomic E-state index is 0.138. The molecule has 1 heterocycles. The second-order valence-electron chi connectivity index (χ2n) is 5.42. The molecule has 1 aliphatic heterocycles. The zero-order chi connectivity index (χ0) is 14.7. The van der Waals surface area contributed by atoms with Crippen molar-refractivity contribution >= 4 is 0 Å². The Morgan fingerprint density at radius 3 is 2.76 bits per heavy atom. The van der Waals surface area contributed by atoms with Crippen LogP contribution in [0.5, 0.6) is 5.75 Å². The summed E-state index contributed by atoms with van der Waals surface area (Å²) >= 11 is 0. The van der Waals surface area contributed by atoms with Crippen LogP contribution < -0.4 is 10.5 Å². The van der Waals surface area contributed by atoms with E-state index in [9.17, 15) is 0 Å². The van der Waals surface area contributed by atoms with Gasteiger partial charge in [-0.05, 0) is 40.8 Å². The molecule has 3 nitrogen and oxygen atoms in total. The van der Waals surface area contributed by atoms with Gasteiger partial charge < -0.3 is 15.2 Å². The molecule has 110 valence electrons. The molecule has 2 aromatic carbocycles. The monoisotopic (exact) mass is 283 g/mol. The fraction of sp³-hybridized carbons (Fsp3) is 0.333. The fourth-order valence-electron chi connectivity index (χ4n) is 2.60. The molecule has 2 aromatic rings. The van der Waals surface area contributed by atoms with E-state index in [1.807, 2.05) is 24.3 Å². The Bertz CT molecular complexity index is 624. The van der Waals surface area contributed by atoms with Gasteiger partial charge in [-0.3, -0.25) is 0 Å². The first-order chi connectivity index (χ1) is 10.3. The zero-order valence-corrected chi connectivity index (χ0v) is 12.3. The lowest BCUT2D eigenvalue weighted by molar-refractivity contribution is 0.134. The van der Waals surface area contributed by atoms with Crippen molar-refractivity contribution < 1.29 is 9.47 Å². The van der Waals surface area contributed by atoms with Crippen molar-refractivity contribution in [2.45, 2.75) is 32.6 Å². The lowest BCUT2D eigenvalue weighted by Gasteiger charge is -2.15. The van der Waals surface area contributed by atoms with Gasteiger partial charge in [-0.2, -0.15) is 0 Å². The average Bonchev–Trinajstić information content (AvgIpc) is 3.00. The molecule has 0 fully saturated rings. The van der Waals surface area contributed by atoms with Crippen molar-refractivity contribution in [1.29, 1.82) is 0 Å². The molecule has 0 bridgehead atoms. The maximum atomic E-state index is 6.41. The third-order valence-corrected chi connectivity index (χ3v) is 3.79. The second-order valence-corrected chi connectivity index (χ2v) is 5.42. The van der Waals surface area contributed by atoms with E-state index in [1.54, 1.807) is 0 Å². The molecular formula is C18H21NO2. The van der Waals surface area contributed by atoms with Crippen molar-refractivity contribution in [3.05, 3.63) is 64.7 Å². The zero-order valence-electron chi connectivity index (χ0n) is 12.3. The van der Waals surface area contributed by atoms with Crippen LogP contribution in [0.15, 0.2) is 42.5 Å². The van der Waals surface area contributed by atoms with Gasteiger partial charge in [-0.1, -0.05) is 37.3 Å². The molecule has 3 heteroatoms. The summed E-state index contributed by atoms with van der Waals surface area (Å²) in [5, 5.41) is 0. The lowest BCUT2D eigenvalue weighted by atomic mass is 9.96. The summed E-state index contributed by atoms with van der Waals surface area (Å²) in [6, 6.07) is 14.3. The van der Waals surface area contributed by atoms with Crippen LogP contribution in [0.4, 0.5) is 0 Å². The SMILES string of the molecule is CCCOc1cccc(C(N)c2ccc3c(c2)COC3)c1. The molecule has 0 saturated heterocycles. The molecule has 21 heavy (non-hydrogen) atoms. The molecule has 2 N–H and O–H groups in total. The molecular weight excluding hydrogens is 262 g/mol. The standard InChI is InChI=1S/C18H21NO2/c1-2-8-21-17-5-3-4-13(10-17)18(19)14-6-7-15-11-20-12-16(15)9-14/h3-7,9-10,18H,2,8,11-12,19H2,1H3. The summed E-state index contributed by atoms with van der Waals surface area (Å²) in [4.78, 5) is 0. The molecule has 0 spiro atoms. The Morgan fingerprint density at radius 1 is 1.10 bits per heavy atom. The molecule has 1 unspecified atom stereocenters. The molecule has 0 aromatic heterocycles. The molecule has 0 saturated carbocycles. The van der Waals surface area contributed by atoms with Gasteiger partial charge in [0, 0.05) is 0 Å². The Balaban J connectivity index is 1.82. The second kappa shape index (κ2) is 6.29. The molecule has 1 aliphatic rings. The van der Waals surface area contributed by atoms with Gasteiger partial charge in [0.1, 0.15) is 5.75 Å². The van der Waals surface area contributed by atoms with Crippen molar-refractivity contribution in [1.82, 2.24) is 0 Å². The molecule has 0 amide bonds. The van der Waals surface area contributed by atoms with E-state index in [0.717, 1.165) is 29.9 Å². The van der Waals surface area contributed by atoms with Gasteiger partial charge in [0.05, 0.1) is 25.9 Å². The molecule has 3 rings (SSSR count). The number of hydrogen-bond donors (Lipinski definition) is 1. The summed E-state index contributed by atoms with van der Waals surface area (Å²) in [6.07, 6.45) is 1.00. The summed E-state index contributed by atoms with van der Waals surface area (Å²) in [5.74, 6) is 0.884. The van der Waals surface area contributed by atoms with E-state index in [0.29, 0.717) is 13.2 Å². The Kier molecular flexibility index (Phi) is 4.23. The van der Waals surface area contributed by atoms with Crippen molar-refractivity contribution in [3.8, 4) is 5.75 Å².